The van der Waals surface area contributed by atoms with Crippen LogP contribution in [0.3, 0.4) is 0 Å². The van der Waals surface area contributed by atoms with Crippen molar-refractivity contribution in [2.45, 2.75) is 38.8 Å². The van der Waals surface area contributed by atoms with Crippen LogP contribution in [-0.2, 0) is 22.5 Å². The molecule has 3 heterocycles. The quantitative estimate of drug-likeness (QED) is 0.751. The minimum absolute atomic E-state index is 0.0375. The number of carbonyl (C=O) groups excluding carboxylic acids is 1. The second-order valence-corrected chi connectivity index (χ2v) is 6.59. The van der Waals surface area contributed by atoms with Crippen LogP contribution in [0.5, 0.6) is 0 Å². The molecule has 0 spiro atoms. The van der Waals surface area contributed by atoms with Crippen molar-refractivity contribution in [1.82, 2.24) is 14.8 Å². The average molecular weight is 338 g/mol. The number of ether oxygens (including phenoxy) is 1. The first-order valence-electron chi connectivity index (χ1n) is 8.69. The van der Waals surface area contributed by atoms with Gasteiger partial charge in [-0.1, -0.05) is 18.2 Å². The molecule has 1 aliphatic rings. The maximum atomic E-state index is 12.4. The van der Waals surface area contributed by atoms with Crippen molar-refractivity contribution in [3.63, 3.8) is 0 Å². The van der Waals surface area contributed by atoms with Gasteiger partial charge >= 0.3 is 0 Å². The van der Waals surface area contributed by atoms with Gasteiger partial charge in [0, 0.05) is 29.4 Å². The lowest BCUT2D eigenvalue weighted by atomic mass is 10.1. The van der Waals surface area contributed by atoms with Gasteiger partial charge in [0.1, 0.15) is 0 Å². The van der Waals surface area contributed by atoms with E-state index in [-0.39, 0.29) is 12.0 Å². The van der Waals surface area contributed by atoms with Crippen LogP contribution in [0.15, 0.2) is 36.7 Å². The van der Waals surface area contributed by atoms with Crippen LogP contribution >= 0.6 is 0 Å². The van der Waals surface area contributed by atoms with Crippen LogP contribution in [0.4, 0.5) is 5.69 Å². The van der Waals surface area contributed by atoms with Crippen molar-refractivity contribution in [3.05, 3.63) is 47.9 Å². The second kappa shape index (κ2) is 6.72. The summed E-state index contributed by atoms with van der Waals surface area (Å²) < 4.78 is 7.46. The third-order valence-corrected chi connectivity index (χ3v) is 4.70. The van der Waals surface area contributed by atoms with Gasteiger partial charge in [0.15, 0.2) is 0 Å². The van der Waals surface area contributed by atoms with Gasteiger partial charge in [-0.05, 0) is 31.4 Å². The molecule has 4 rings (SSSR count). The van der Waals surface area contributed by atoms with Crippen molar-refractivity contribution < 1.29 is 9.53 Å². The first-order valence-corrected chi connectivity index (χ1v) is 8.69. The van der Waals surface area contributed by atoms with Gasteiger partial charge in [0.2, 0.25) is 5.91 Å². The van der Waals surface area contributed by atoms with Gasteiger partial charge < -0.3 is 15.0 Å². The lowest BCUT2D eigenvalue weighted by Gasteiger charge is -2.08. The van der Waals surface area contributed by atoms with Gasteiger partial charge in [-0.25, -0.2) is 0 Å². The highest BCUT2D eigenvalue weighted by Crippen LogP contribution is 2.22. The number of aromatic amines is 1. The molecule has 1 aromatic carbocycles. The first-order chi connectivity index (χ1) is 12.2. The fourth-order valence-corrected chi connectivity index (χ4v) is 3.45. The van der Waals surface area contributed by atoms with E-state index in [1.54, 1.807) is 6.20 Å². The molecule has 2 N–H and O–H groups in total. The molecule has 6 heteroatoms. The summed E-state index contributed by atoms with van der Waals surface area (Å²) in [7, 11) is 0. The van der Waals surface area contributed by atoms with Crippen LogP contribution in [0, 0.1) is 6.92 Å². The number of rotatable bonds is 5. The predicted octanol–water partition coefficient (Wildman–Crippen LogP) is 3.03. The number of anilines is 1. The van der Waals surface area contributed by atoms with Gasteiger partial charge in [-0.3, -0.25) is 9.48 Å². The highest BCUT2D eigenvalue weighted by molar-refractivity contribution is 5.96. The lowest BCUT2D eigenvalue weighted by Crippen LogP contribution is -2.16. The molecule has 0 radical (unpaired) electrons. The number of benzene rings is 1. The molecule has 0 aliphatic carbocycles. The van der Waals surface area contributed by atoms with Gasteiger partial charge in [-0.2, -0.15) is 5.10 Å². The highest BCUT2D eigenvalue weighted by Gasteiger charge is 2.17. The summed E-state index contributed by atoms with van der Waals surface area (Å²) in [5.74, 6) is -0.0375. The Balaban J connectivity index is 1.41. The van der Waals surface area contributed by atoms with Gasteiger partial charge in [-0.15, -0.1) is 0 Å². The number of nitrogens with one attached hydrogen (secondary N) is 2. The number of aryl methyl sites for hydroxylation is 1. The minimum atomic E-state index is -0.0375. The Bertz CT molecular complexity index is 890. The molecular weight excluding hydrogens is 316 g/mol. The van der Waals surface area contributed by atoms with Crippen molar-refractivity contribution in [2.75, 3.05) is 11.9 Å². The monoisotopic (exact) mass is 338 g/mol. The van der Waals surface area contributed by atoms with Crippen LogP contribution in [0.2, 0.25) is 0 Å². The normalized spacial score (nSPS) is 17.2. The number of amides is 1. The second-order valence-electron chi connectivity index (χ2n) is 6.59. The summed E-state index contributed by atoms with van der Waals surface area (Å²) in [6.45, 7) is 3.57. The Hall–Kier alpha value is -2.60. The van der Waals surface area contributed by atoms with Gasteiger partial charge in [0.05, 0.1) is 31.0 Å². The number of hydrogen-bond acceptors (Lipinski definition) is 3. The molecule has 25 heavy (non-hydrogen) atoms. The van der Waals surface area contributed by atoms with E-state index >= 15 is 0 Å². The number of fused-ring (bicyclic) bond motifs is 1. The third kappa shape index (κ3) is 3.44. The number of carbonyl (C=O) groups is 1. The van der Waals surface area contributed by atoms with E-state index in [4.69, 9.17) is 4.74 Å². The van der Waals surface area contributed by atoms with Gasteiger partial charge in [0.25, 0.3) is 0 Å². The minimum Gasteiger partial charge on any atom is -0.376 e. The molecule has 1 amide bonds. The van der Waals surface area contributed by atoms with Crippen LogP contribution in [0.1, 0.15) is 24.1 Å². The topological polar surface area (TPSA) is 71.9 Å². The Morgan fingerprint density at radius 1 is 1.44 bits per heavy atom. The number of nitrogens with zero attached hydrogens (tertiary/aromatic N) is 2. The number of H-pyrrole nitrogens is 1. The van der Waals surface area contributed by atoms with E-state index in [1.165, 1.54) is 0 Å². The Morgan fingerprint density at radius 2 is 2.32 bits per heavy atom. The summed E-state index contributed by atoms with van der Waals surface area (Å²) in [5.41, 5.74) is 3.86. The summed E-state index contributed by atoms with van der Waals surface area (Å²) in [6, 6.07) is 8.05. The van der Waals surface area contributed by atoms with Crippen molar-refractivity contribution >= 4 is 22.5 Å². The number of hydrogen-bond donors (Lipinski definition) is 2. The van der Waals surface area contributed by atoms with E-state index in [9.17, 15) is 4.79 Å². The molecule has 130 valence electrons. The fourth-order valence-electron chi connectivity index (χ4n) is 3.45. The third-order valence-electron chi connectivity index (χ3n) is 4.70. The Morgan fingerprint density at radius 3 is 3.16 bits per heavy atom. The summed E-state index contributed by atoms with van der Waals surface area (Å²) in [4.78, 5) is 15.8. The van der Waals surface area contributed by atoms with E-state index in [0.29, 0.717) is 6.42 Å². The van der Waals surface area contributed by atoms with Crippen LogP contribution < -0.4 is 5.32 Å². The lowest BCUT2D eigenvalue weighted by molar-refractivity contribution is -0.115. The number of para-hydroxylation sites is 1. The summed E-state index contributed by atoms with van der Waals surface area (Å²) >= 11 is 0. The fraction of sp³-hybridized carbons (Fsp3) is 0.368. The average Bonchev–Trinajstić information content (AvgIpc) is 3.31. The molecule has 0 saturated carbocycles. The van der Waals surface area contributed by atoms with Crippen molar-refractivity contribution in [1.29, 1.82) is 0 Å². The standard InChI is InChI=1S/C19H22N4O2/c1-13-17(16-6-2-3-7-18(16)21-13)9-19(24)22-14-10-20-23(11-14)12-15-5-4-8-25-15/h2-3,6-7,10-11,15,21H,4-5,8-9,12H2,1H3,(H,22,24). The molecule has 1 atom stereocenters. The molecule has 2 aromatic heterocycles. The molecule has 1 fully saturated rings. The maximum absolute atomic E-state index is 12.4. The number of aromatic nitrogens is 3. The van der Waals surface area contributed by atoms with E-state index in [1.807, 2.05) is 42.1 Å². The summed E-state index contributed by atoms with van der Waals surface area (Å²) in [6.07, 6.45) is 6.31. The largest absolute Gasteiger partial charge is 0.376 e. The smallest absolute Gasteiger partial charge is 0.228 e. The molecule has 0 bridgehead atoms. The highest BCUT2D eigenvalue weighted by atomic mass is 16.5. The first kappa shape index (κ1) is 15.9. The molecule has 6 nitrogen and oxygen atoms in total. The SMILES string of the molecule is Cc1[nH]c2ccccc2c1CC(=O)Nc1cnn(CC2CCCO2)c1. The van der Waals surface area contributed by atoms with Crippen molar-refractivity contribution in [3.8, 4) is 0 Å². The van der Waals surface area contributed by atoms with E-state index < -0.39 is 0 Å². The van der Waals surface area contributed by atoms with E-state index in [0.717, 1.165) is 53.8 Å². The van der Waals surface area contributed by atoms with Crippen LogP contribution in [0.25, 0.3) is 10.9 Å². The summed E-state index contributed by atoms with van der Waals surface area (Å²) in [5, 5.41) is 8.35. The zero-order valence-electron chi connectivity index (χ0n) is 14.3. The predicted molar refractivity (Wildman–Crippen MR) is 96.6 cm³/mol. The van der Waals surface area contributed by atoms with E-state index in [2.05, 4.69) is 15.4 Å². The molecule has 1 unspecified atom stereocenters. The maximum Gasteiger partial charge on any atom is 0.228 e. The van der Waals surface area contributed by atoms with Crippen molar-refractivity contribution in [2.24, 2.45) is 0 Å². The zero-order valence-corrected chi connectivity index (χ0v) is 14.3. The Labute approximate surface area is 146 Å². The Kier molecular flexibility index (Phi) is 4.28. The van der Waals surface area contributed by atoms with Crippen LogP contribution in [-0.4, -0.2) is 33.4 Å². The molecule has 3 aromatic rings. The molecule has 1 saturated heterocycles. The zero-order chi connectivity index (χ0) is 17.2. The molecule has 1 aliphatic heterocycles. The molecular formula is C19H22N4O2.